The highest BCUT2D eigenvalue weighted by molar-refractivity contribution is 5.80. The van der Waals surface area contributed by atoms with Crippen LogP contribution in [0.1, 0.15) is 17.7 Å². The van der Waals surface area contributed by atoms with Gasteiger partial charge in [0.2, 0.25) is 5.91 Å². The Morgan fingerprint density at radius 3 is 2.96 bits per heavy atom. The lowest BCUT2D eigenvalue weighted by atomic mass is 10.0. The van der Waals surface area contributed by atoms with Crippen molar-refractivity contribution in [3.05, 3.63) is 59.6 Å². The van der Waals surface area contributed by atoms with E-state index in [0.29, 0.717) is 31.0 Å². The quantitative estimate of drug-likeness (QED) is 0.888. The number of benzene rings is 1. The summed E-state index contributed by atoms with van der Waals surface area (Å²) >= 11 is 0. The van der Waals surface area contributed by atoms with E-state index < -0.39 is 11.6 Å². The fraction of sp³-hybridized carbons (Fsp3) is 0.421. The minimum atomic E-state index is -0.853. The fourth-order valence-corrected chi connectivity index (χ4v) is 3.89. The van der Waals surface area contributed by atoms with Gasteiger partial charge in [0.1, 0.15) is 5.76 Å². The van der Waals surface area contributed by atoms with Crippen LogP contribution in [0.4, 0.5) is 8.78 Å². The van der Waals surface area contributed by atoms with Crippen LogP contribution in [0.3, 0.4) is 0 Å². The monoisotopic (exact) mass is 362 g/mol. The maximum Gasteiger partial charge on any atom is 0.227 e. The van der Waals surface area contributed by atoms with E-state index in [1.165, 1.54) is 6.07 Å². The average Bonchev–Trinajstić information content (AvgIpc) is 3.36. The maximum absolute atomic E-state index is 14.0. The third-order valence-corrected chi connectivity index (χ3v) is 5.16. The molecule has 2 fully saturated rings. The maximum atomic E-state index is 14.0. The molecular formula is C19H20F2N2O3. The molecule has 0 bridgehead atoms. The van der Waals surface area contributed by atoms with Crippen LogP contribution in [0.25, 0.3) is 0 Å². The molecule has 4 rings (SSSR count). The molecule has 0 unspecified atom stereocenters. The van der Waals surface area contributed by atoms with E-state index in [9.17, 15) is 13.6 Å². The summed E-state index contributed by atoms with van der Waals surface area (Å²) < 4.78 is 38.5. The number of fused-ring (bicyclic) bond motifs is 1. The molecule has 2 saturated heterocycles. The highest BCUT2D eigenvalue weighted by atomic mass is 19.2. The van der Waals surface area contributed by atoms with Gasteiger partial charge in [0.25, 0.3) is 0 Å². The number of nitrogens with one attached hydrogen (secondary N) is 1. The van der Waals surface area contributed by atoms with Gasteiger partial charge in [-0.25, -0.2) is 8.78 Å². The molecule has 3 heterocycles. The largest absolute Gasteiger partial charge is 0.467 e. The first-order valence-electron chi connectivity index (χ1n) is 8.72. The van der Waals surface area contributed by atoms with Crippen LogP contribution in [0.15, 0.2) is 41.0 Å². The third-order valence-electron chi connectivity index (χ3n) is 5.16. The highest BCUT2D eigenvalue weighted by Gasteiger charge is 2.48. The molecule has 1 amide bonds. The van der Waals surface area contributed by atoms with Crippen LogP contribution in [0.5, 0.6) is 0 Å². The molecular weight excluding hydrogens is 342 g/mol. The molecule has 5 nitrogen and oxygen atoms in total. The molecule has 2 aliphatic rings. The first-order chi connectivity index (χ1) is 12.6. The van der Waals surface area contributed by atoms with Crippen LogP contribution in [0, 0.1) is 17.6 Å². The number of rotatable bonds is 5. The zero-order valence-electron chi connectivity index (χ0n) is 14.2. The minimum Gasteiger partial charge on any atom is -0.467 e. The number of nitrogens with zero attached hydrogens (tertiary/aromatic N) is 1. The Morgan fingerprint density at radius 1 is 1.27 bits per heavy atom. The smallest absolute Gasteiger partial charge is 0.227 e. The van der Waals surface area contributed by atoms with E-state index in [2.05, 4.69) is 5.32 Å². The molecule has 0 saturated carbocycles. The number of hydrogen-bond donors (Lipinski definition) is 1. The van der Waals surface area contributed by atoms with Crippen molar-refractivity contribution < 1.29 is 22.7 Å². The predicted octanol–water partition coefficient (Wildman–Crippen LogP) is 2.46. The topological polar surface area (TPSA) is 54.7 Å². The van der Waals surface area contributed by atoms with Gasteiger partial charge in [0, 0.05) is 31.3 Å². The number of carbonyl (C=O) groups is 1. The fourth-order valence-electron chi connectivity index (χ4n) is 3.89. The van der Waals surface area contributed by atoms with Crippen molar-refractivity contribution in [1.29, 1.82) is 0 Å². The molecule has 0 spiro atoms. The second kappa shape index (κ2) is 7.17. The number of furan rings is 1. The molecule has 138 valence electrons. The van der Waals surface area contributed by atoms with E-state index in [0.717, 1.165) is 12.5 Å². The molecule has 3 atom stereocenters. The summed E-state index contributed by atoms with van der Waals surface area (Å²) in [4.78, 5) is 14.6. The molecule has 1 aromatic heterocycles. The second-order valence-electron chi connectivity index (χ2n) is 6.74. The molecule has 0 aliphatic carbocycles. The molecule has 7 heteroatoms. The number of halogens is 2. The van der Waals surface area contributed by atoms with Crippen molar-refractivity contribution in [2.24, 2.45) is 5.92 Å². The summed E-state index contributed by atoms with van der Waals surface area (Å²) in [6.07, 6.45) is 2.12. The first kappa shape index (κ1) is 17.2. The minimum absolute atomic E-state index is 0.0389. The highest BCUT2D eigenvalue weighted by Crippen LogP contribution is 2.35. The molecule has 0 radical (unpaired) electrons. The van der Waals surface area contributed by atoms with Crippen molar-refractivity contribution in [3.63, 3.8) is 0 Å². The van der Waals surface area contributed by atoms with Crippen LogP contribution in [0.2, 0.25) is 0 Å². The molecule has 26 heavy (non-hydrogen) atoms. The van der Waals surface area contributed by atoms with Gasteiger partial charge in [-0.2, -0.15) is 0 Å². The predicted molar refractivity (Wildman–Crippen MR) is 89.0 cm³/mol. The second-order valence-corrected chi connectivity index (χ2v) is 6.74. The summed E-state index contributed by atoms with van der Waals surface area (Å²) in [5.74, 6) is -1.45. The van der Waals surface area contributed by atoms with E-state index in [-0.39, 0.29) is 30.5 Å². The number of likely N-dealkylation sites (tertiary alicyclic amines) is 1. The van der Waals surface area contributed by atoms with Gasteiger partial charge in [-0.05, 0) is 24.6 Å². The summed E-state index contributed by atoms with van der Waals surface area (Å²) in [5, 5.41) is 2.87. The van der Waals surface area contributed by atoms with Crippen LogP contribution in [-0.4, -0.2) is 36.1 Å². The van der Waals surface area contributed by atoms with Gasteiger partial charge in [-0.15, -0.1) is 0 Å². The third kappa shape index (κ3) is 3.24. The van der Waals surface area contributed by atoms with E-state index in [4.69, 9.17) is 9.15 Å². The molecule has 1 aromatic carbocycles. The lowest BCUT2D eigenvalue weighted by Gasteiger charge is -2.22. The lowest BCUT2D eigenvalue weighted by Crippen LogP contribution is -2.37. The van der Waals surface area contributed by atoms with Crippen LogP contribution < -0.4 is 5.32 Å². The zero-order chi connectivity index (χ0) is 18.1. The van der Waals surface area contributed by atoms with Crippen molar-refractivity contribution in [2.75, 3.05) is 13.2 Å². The zero-order valence-corrected chi connectivity index (χ0v) is 14.2. The van der Waals surface area contributed by atoms with Crippen molar-refractivity contribution in [1.82, 2.24) is 10.2 Å². The van der Waals surface area contributed by atoms with Gasteiger partial charge in [0.15, 0.2) is 11.6 Å². The molecule has 2 aromatic rings. The van der Waals surface area contributed by atoms with Crippen molar-refractivity contribution in [3.8, 4) is 0 Å². The number of ether oxygens (including phenoxy) is 1. The Kier molecular flexibility index (Phi) is 4.74. The summed E-state index contributed by atoms with van der Waals surface area (Å²) in [7, 11) is 0. The Balaban J connectivity index is 1.45. The Bertz CT molecular complexity index is 781. The normalized spacial score (nSPS) is 25.4. The summed E-state index contributed by atoms with van der Waals surface area (Å²) in [6.45, 7) is 1.60. The van der Waals surface area contributed by atoms with E-state index >= 15 is 0 Å². The SMILES string of the molecule is O=C(NCc1ccco1)[C@@H]1CN(Cc2cccc(F)c2F)[C@@H]2CCO[C@H]21. The van der Waals surface area contributed by atoms with Crippen LogP contribution >= 0.6 is 0 Å². The lowest BCUT2D eigenvalue weighted by molar-refractivity contribution is -0.127. The average molecular weight is 362 g/mol. The van der Waals surface area contributed by atoms with Gasteiger partial charge >= 0.3 is 0 Å². The van der Waals surface area contributed by atoms with Crippen molar-refractivity contribution >= 4 is 5.91 Å². The van der Waals surface area contributed by atoms with Gasteiger partial charge in [-0.1, -0.05) is 12.1 Å². The molecule has 2 aliphatic heterocycles. The standard InChI is InChI=1S/C19H20F2N2O3/c20-15-5-1-3-12(17(15)21)10-23-11-14(18-16(23)6-8-26-18)19(24)22-9-13-4-2-7-25-13/h1-5,7,14,16,18H,6,8-11H2,(H,22,24)/t14-,16-,18+/m1/s1. The summed E-state index contributed by atoms with van der Waals surface area (Å²) in [6, 6.07) is 7.78. The number of hydrogen-bond acceptors (Lipinski definition) is 4. The Hall–Kier alpha value is -2.25. The van der Waals surface area contributed by atoms with Gasteiger partial charge in [-0.3, -0.25) is 9.69 Å². The Labute approximate surface area is 149 Å². The van der Waals surface area contributed by atoms with Crippen molar-refractivity contribution in [2.45, 2.75) is 31.7 Å². The first-order valence-corrected chi connectivity index (χ1v) is 8.72. The Morgan fingerprint density at radius 2 is 2.15 bits per heavy atom. The molecule has 1 N–H and O–H groups in total. The van der Waals surface area contributed by atoms with E-state index in [1.54, 1.807) is 24.5 Å². The van der Waals surface area contributed by atoms with E-state index in [1.807, 2.05) is 4.90 Å². The number of carbonyl (C=O) groups excluding carboxylic acids is 1. The number of amides is 1. The van der Waals surface area contributed by atoms with Crippen LogP contribution in [-0.2, 0) is 22.6 Å². The van der Waals surface area contributed by atoms with Gasteiger partial charge in [0.05, 0.1) is 24.8 Å². The van der Waals surface area contributed by atoms with Gasteiger partial charge < -0.3 is 14.5 Å². The summed E-state index contributed by atoms with van der Waals surface area (Å²) in [5.41, 5.74) is 0.298.